The van der Waals surface area contributed by atoms with Crippen molar-refractivity contribution in [2.24, 2.45) is 11.3 Å². The summed E-state index contributed by atoms with van der Waals surface area (Å²) in [6.45, 7) is 0. The second-order valence-corrected chi connectivity index (χ2v) is 12.5. The van der Waals surface area contributed by atoms with E-state index in [4.69, 9.17) is 58.0 Å². The quantitative estimate of drug-likeness (QED) is 0.221. The summed E-state index contributed by atoms with van der Waals surface area (Å²) in [6, 6.07) is 12.5. The number of hydrogen-bond acceptors (Lipinski definition) is 4. The lowest BCUT2D eigenvalue weighted by Gasteiger charge is -2.14. The Morgan fingerprint density at radius 2 is 1.57 bits per heavy atom. The molecule has 2 fully saturated rings. The van der Waals surface area contributed by atoms with E-state index >= 15 is 4.39 Å². The fourth-order valence-corrected chi connectivity index (χ4v) is 5.81. The molecular formula is C28H17Cl5F2N4O3. The second-order valence-electron chi connectivity index (χ2n) is 9.87. The van der Waals surface area contributed by atoms with E-state index in [1.807, 2.05) is 6.07 Å². The molecule has 7 nitrogen and oxygen atoms in total. The normalized spacial score (nSPS) is 19.3. The van der Waals surface area contributed by atoms with E-state index in [0.29, 0.717) is 10.6 Å². The van der Waals surface area contributed by atoms with E-state index in [1.165, 1.54) is 18.2 Å². The van der Waals surface area contributed by atoms with Crippen molar-refractivity contribution >= 4 is 92.8 Å². The molecule has 3 amide bonds. The summed E-state index contributed by atoms with van der Waals surface area (Å²) >= 11 is 31.1. The Hall–Kier alpha value is -3.13. The number of nitriles is 1. The highest BCUT2D eigenvalue weighted by molar-refractivity contribution is 6.53. The van der Waals surface area contributed by atoms with E-state index in [-0.39, 0.29) is 34.1 Å². The van der Waals surface area contributed by atoms with Gasteiger partial charge < -0.3 is 16.0 Å². The van der Waals surface area contributed by atoms with Crippen molar-refractivity contribution in [1.82, 2.24) is 0 Å². The summed E-state index contributed by atoms with van der Waals surface area (Å²) in [5.74, 6) is -6.06. The summed E-state index contributed by atoms with van der Waals surface area (Å²) in [7, 11) is 0. The van der Waals surface area contributed by atoms with Crippen LogP contribution in [0.5, 0.6) is 0 Å². The smallest absolute Gasteiger partial charge is 0.257 e. The minimum Gasteiger partial charge on any atom is -0.326 e. The highest BCUT2D eigenvalue weighted by Gasteiger charge is 2.67. The predicted molar refractivity (Wildman–Crippen MR) is 157 cm³/mol. The number of nitrogens with zero attached hydrogens (tertiary/aromatic N) is 1. The van der Waals surface area contributed by atoms with Crippen LogP contribution in [0.2, 0.25) is 15.1 Å². The third-order valence-electron chi connectivity index (χ3n) is 7.09. The first-order valence-electron chi connectivity index (χ1n) is 12.2. The Labute approximate surface area is 263 Å². The summed E-state index contributed by atoms with van der Waals surface area (Å²) in [5.41, 5.74) is -1.96. The van der Waals surface area contributed by atoms with E-state index in [0.717, 1.165) is 12.1 Å². The molecule has 5 rings (SSSR count). The molecule has 0 unspecified atom stereocenters. The van der Waals surface area contributed by atoms with Gasteiger partial charge in [0.2, 0.25) is 11.8 Å². The maximum Gasteiger partial charge on any atom is 0.257 e. The van der Waals surface area contributed by atoms with Crippen molar-refractivity contribution in [2.75, 3.05) is 16.0 Å². The molecule has 0 spiro atoms. The maximum atomic E-state index is 15.1. The lowest BCUT2D eigenvalue weighted by Crippen LogP contribution is -2.24. The monoisotopic (exact) mass is 670 g/mol. The van der Waals surface area contributed by atoms with Crippen molar-refractivity contribution in [3.05, 3.63) is 86.4 Å². The van der Waals surface area contributed by atoms with Crippen LogP contribution in [0, 0.1) is 34.3 Å². The molecular weight excluding hydrogens is 656 g/mol. The standard InChI is InChI=1S/C28H17Cl5F2N4O3/c29-15-4-2-13(37-25(41)21-20(28(21,32)33)12-1-3-16(30)17(31)9-12)10-14(15)24(40)38-19-6-5-18(34)23(22(19)35)39-26(42)27(11-36)7-8-27/h1-6,9-10,20-21H,7-8H2,(H,37,41)(H,38,40)(H,39,42)/t20-,21+/m0/s1. The van der Waals surface area contributed by atoms with Crippen LogP contribution in [0.3, 0.4) is 0 Å². The highest BCUT2D eigenvalue weighted by atomic mass is 35.5. The molecule has 0 aromatic heterocycles. The van der Waals surface area contributed by atoms with Gasteiger partial charge in [-0.3, -0.25) is 14.4 Å². The molecule has 3 aromatic carbocycles. The summed E-state index contributed by atoms with van der Waals surface area (Å²) in [5, 5.41) is 16.8. The molecule has 2 aliphatic carbocycles. The van der Waals surface area contributed by atoms with Crippen molar-refractivity contribution < 1.29 is 23.2 Å². The second kappa shape index (κ2) is 11.2. The molecule has 0 saturated heterocycles. The first kappa shape index (κ1) is 30.3. The highest BCUT2D eigenvalue weighted by Crippen LogP contribution is 2.65. The molecule has 3 N–H and O–H groups in total. The Bertz CT molecular complexity index is 1710. The van der Waals surface area contributed by atoms with Gasteiger partial charge in [0, 0.05) is 11.6 Å². The zero-order chi connectivity index (χ0) is 30.6. The van der Waals surface area contributed by atoms with Gasteiger partial charge in [-0.25, -0.2) is 8.78 Å². The number of alkyl halides is 2. The zero-order valence-electron chi connectivity index (χ0n) is 21.0. The van der Waals surface area contributed by atoms with Crippen LogP contribution < -0.4 is 16.0 Å². The average Bonchev–Trinajstić information content (AvgIpc) is 3.85. The molecule has 14 heteroatoms. The zero-order valence-corrected chi connectivity index (χ0v) is 24.8. The molecule has 0 heterocycles. The minimum atomic E-state index is -1.42. The fraction of sp³-hybridized carbons (Fsp3) is 0.214. The van der Waals surface area contributed by atoms with Crippen LogP contribution in [0.1, 0.15) is 34.7 Å². The molecule has 3 aromatic rings. The topological polar surface area (TPSA) is 111 Å². The first-order valence-corrected chi connectivity index (χ1v) is 14.1. The Kier molecular flexibility index (Phi) is 8.07. The first-order chi connectivity index (χ1) is 19.8. The van der Waals surface area contributed by atoms with Crippen LogP contribution in [-0.2, 0) is 9.59 Å². The van der Waals surface area contributed by atoms with Crippen LogP contribution in [-0.4, -0.2) is 22.1 Å². The van der Waals surface area contributed by atoms with E-state index < -0.39 is 62.3 Å². The molecule has 0 radical (unpaired) electrons. The van der Waals surface area contributed by atoms with Gasteiger partial charge in [0.1, 0.15) is 21.3 Å². The molecule has 0 aliphatic heterocycles. The minimum absolute atomic E-state index is 0.0321. The SMILES string of the molecule is N#CC1(C(=O)Nc2c(F)ccc(NC(=O)c3cc(NC(=O)[C@H]4[C@H](c5ccc(Cl)c(Cl)c5)C4(Cl)Cl)ccc3Cl)c2F)CC1. The molecule has 2 aliphatic rings. The lowest BCUT2D eigenvalue weighted by molar-refractivity contribution is -0.119. The summed E-state index contributed by atoms with van der Waals surface area (Å²) < 4.78 is 28.1. The fourth-order valence-electron chi connectivity index (χ4n) is 4.47. The number of rotatable bonds is 7. The van der Waals surface area contributed by atoms with E-state index in [2.05, 4.69) is 16.0 Å². The predicted octanol–water partition coefficient (Wildman–Crippen LogP) is 7.95. The van der Waals surface area contributed by atoms with Crippen LogP contribution in [0.15, 0.2) is 48.5 Å². The van der Waals surface area contributed by atoms with Gasteiger partial charge in [0.05, 0.1) is 38.3 Å². The number of benzene rings is 3. The van der Waals surface area contributed by atoms with Gasteiger partial charge in [0.25, 0.3) is 5.91 Å². The van der Waals surface area contributed by atoms with Gasteiger partial charge in [-0.1, -0.05) is 40.9 Å². The number of carbonyl (C=O) groups excluding carboxylic acids is 3. The van der Waals surface area contributed by atoms with E-state index in [1.54, 1.807) is 18.2 Å². The number of carbonyl (C=O) groups is 3. The van der Waals surface area contributed by atoms with Gasteiger partial charge in [-0.15, -0.1) is 23.2 Å². The van der Waals surface area contributed by atoms with E-state index in [9.17, 15) is 24.0 Å². The molecule has 216 valence electrons. The largest absolute Gasteiger partial charge is 0.326 e. The molecule has 2 saturated carbocycles. The van der Waals surface area contributed by atoms with Gasteiger partial charge >= 0.3 is 0 Å². The van der Waals surface area contributed by atoms with Gasteiger partial charge in [0.15, 0.2) is 5.82 Å². The molecule has 0 bridgehead atoms. The van der Waals surface area contributed by atoms with Crippen molar-refractivity contribution in [1.29, 1.82) is 5.26 Å². The summed E-state index contributed by atoms with van der Waals surface area (Å²) in [4.78, 5) is 38.5. The third-order valence-corrected chi connectivity index (χ3v) is 9.10. The van der Waals surface area contributed by atoms with Crippen LogP contribution >= 0.6 is 58.0 Å². The third kappa shape index (κ3) is 5.62. The van der Waals surface area contributed by atoms with Crippen molar-refractivity contribution in [2.45, 2.75) is 23.1 Å². The van der Waals surface area contributed by atoms with Crippen LogP contribution in [0.25, 0.3) is 0 Å². The summed E-state index contributed by atoms with van der Waals surface area (Å²) in [6.07, 6.45) is 0.544. The molecule has 2 atom stereocenters. The van der Waals surface area contributed by atoms with Gasteiger partial charge in [-0.05, 0) is 60.9 Å². The number of nitrogens with one attached hydrogen (secondary N) is 3. The van der Waals surface area contributed by atoms with Gasteiger partial charge in [-0.2, -0.15) is 5.26 Å². The van der Waals surface area contributed by atoms with Crippen LogP contribution in [0.4, 0.5) is 25.8 Å². The average molecular weight is 673 g/mol. The lowest BCUT2D eigenvalue weighted by atomic mass is 10.1. The number of halogens is 7. The number of amides is 3. The number of anilines is 3. The maximum absolute atomic E-state index is 15.1. The Balaban J connectivity index is 1.31. The Morgan fingerprint density at radius 3 is 2.21 bits per heavy atom. The molecule has 42 heavy (non-hydrogen) atoms. The number of hydrogen-bond donors (Lipinski definition) is 3. The van der Waals surface area contributed by atoms with Crippen molar-refractivity contribution in [3.8, 4) is 6.07 Å². The van der Waals surface area contributed by atoms with Crippen molar-refractivity contribution in [3.63, 3.8) is 0 Å². The Morgan fingerprint density at radius 1 is 0.881 bits per heavy atom.